The number of sulfonamides is 1. The second-order valence-corrected chi connectivity index (χ2v) is 6.24. The molecule has 0 amide bonds. The highest BCUT2D eigenvalue weighted by Crippen LogP contribution is 2.25. The maximum Gasteiger partial charge on any atom is 0.268 e. The fourth-order valence-corrected chi connectivity index (χ4v) is 2.91. The molecule has 0 unspecified atom stereocenters. The molecule has 106 valence electrons. The number of rotatable bonds is 3. The van der Waals surface area contributed by atoms with Gasteiger partial charge in [0.05, 0.1) is 0 Å². The maximum absolute atomic E-state index is 13.9. The summed E-state index contributed by atoms with van der Waals surface area (Å²) in [4.78, 5) is 3.47. The zero-order valence-corrected chi connectivity index (χ0v) is 11.9. The number of benzene rings is 1. The van der Waals surface area contributed by atoms with E-state index >= 15 is 0 Å². The molecule has 0 fully saturated rings. The predicted molar refractivity (Wildman–Crippen MR) is 75.4 cm³/mol. The number of aryl methyl sites for hydroxylation is 1. The molecular weight excluding hydrogens is 281 g/mol. The molecule has 0 bridgehead atoms. The minimum atomic E-state index is -4.05. The van der Waals surface area contributed by atoms with E-state index in [1.807, 2.05) is 0 Å². The highest BCUT2D eigenvalue weighted by atomic mass is 32.2. The molecule has 0 aliphatic heterocycles. The van der Waals surface area contributed by atoms with Crippen LogP contribution >= 0.6 is 0 Å². The largest absolute Gasteiger partial charge is 0.398 e. The van der Waals surface area contributed by atoms with Crippen molar-refractivity contribution in [3.63, 3.8) is 0 Å². The second kappa shape index (κ2) is 5.09. The Morgan fingerprint density at radius 2 is 2.00 bits per heavy atom. The van der Waals surface area contributed by atoms with Gasteiger partial charge in [0, 0.05) is 18.9 Å². The fraction of sp³-hybridized carbons (Fsp3) is 0.154. The summed E-state index contributed by atoms with van der Waals surface area (Å²) in [5.74, 6) is -0.634. The van der Waals surface area contributed by atoms with Crippen molar-refractivity contribution in [3.05, 3.63) is 47.9 Å². The first kappa shape index (κ1) is 14.3. The Bertz CT molecular complexity index is 733. The summed E-state index contributed by atoms with van der Waals surface area (Å²) in [5, 5.41) is 0. The highest BCUT2D eigenvalue weighted by molar-refractivity contribution is 7.92. The Morgan fingerprint density at radius 3 is 2.60 bits per heavy atom. The van der Waals surface area contributed by atoms with Gasteiger partial charge in [-0.3, -0.25) is 4.31 Å². The van der Waals surface area contributed by atoms with Crippen LogP contribution in [-0.4, -0.2) is 20.4 Å². The van der Waals surface area contributed by atoms with Gasteiger partial charge < -0.3 is 5.73 Å². The first-order valence-electron chi connectivity index (χ1n) is 5.79. The molecule has 0 saturated carbocycles. The predicted octanol–water partition coefficient (Wildman–Crippen LogP) is 1.94. The van der Waals surface area contributed by atoms with Gasteiger partial charge in [-0.25, -0.2) is 17.8 Å². The number of pyridine rings is 1. The fourth-order valence-electron chi connectivity index (χ4n) is 1.68. The van der Waals surface area contributed by atoms with Crippen LogP contribution in [0.4, 0.5) is 15.9 Å². The molecule has 2 rings (SSSR count). The van der Waals surface area contributed by atoms with Gasteiger partial charge >= 0.3 is 0 Å². The summed E-state index contributed by atoms with van der Waals surface area (Å²) in [6.07, 6.45) is 1.46. The van der Waals surface area contributed by atoms with Crippen LogP contribution in [0.25, 0.3) is 0 Å². The molecule has 7 heteroatoms. The smallest absolute Gasteiger partial charge is 0.268 e. The molecule has 2 aromatic rings. The van der Waals surface area contributed by atoms with E-state index < -0.39 is 20.7 Å². The molecule has 0 aliphatic carbocycles. The SMILES string of the molecule is Cc1cc(F)c(S(=O)(=O)N(C)c2ccccn2)cc1N. The Hall–Kier alpha value is -2.15. The minimum Gasteiger partial charge on any atom is -0.398 e. The van der Waals surface area contributed by atoms with Crippen LogP contribution in [0.15, 0.2) is 41.4 Å². The minimum absolute atomic E-state index is 0.200. The number of halogens is 1. The molecule has 1 aromatic heterocycles. The van der Waals surface area contributed by atoms with E-state index in [1.54, 1.807) is 19.1 Å². The Labute approximate surface area is 116 Å². The van der Waals surface area contributed by atoms with Crippen LogP contribution in [-0.2, 0) is 10.0 Å². The molecule has 20 heavy (non-hydrogen) atoms. The number of aromatic nitrogens is 1. The summed E-state index contributed by atoms with van der Waals surface area (Å²) in [5.41, 5.74) is 6.37. The van der Waals surface area contributed by atoms with Crippen molar-refractivity contribution in [2.75, 3.05) is 17.1 Å². The van der Waals surface area contributed by atoms with E-state index in [4.69, 9.17) is 5.73 Å². The molecule has 0 atom stereocenters. The van der Waals surface area contributed by atoms with E-state index in [2.05, 4.69) is 4.98 Å². The maximum atomic E-state index is 13.9. The average Bonchev–Trinajstić information content (AvgIpc) is 2.42. The van der Waals surface area contributed by atoms with E-state index in [9.17, 15) is 12.8 Å². The van der Waals surface area contributed by atoms with Crippen LogP contribution in [0.3, 0.4) is 0 Å². The van der Waals surface area contributed by atoms with Crippen molar-refractivity contribution in [1.29, 1.82) is 0 Å². The average molecular weight is 295 g/mol. The van der Waals surface area contributed by atoms with E-state index in [0.29, 0.717) is 5.56 Å². The molecule has 1 aromatic carbocycles. The third-order valence-corrected chi connectivity index (χ3v) is 4.71. The zero-order valence-electron chi connectivity index (χ0n) is 11.0. The molecule has 2 N–H and O–H groups in total. The third kappa shape index (κ3) is 2.44. The van der Waals surface area contributed by atoms with Crippen molar-refractivity contribution in [1.82, 2.24) is 4.98 Å². The number of nitrogens with zero attached hydrogens (tertiary/aromatic N) is 2. The molecule has 0 radical (unpaired) electrons. The first-order valence-corrected chi connectivity index (χ1v) is 7.23. The molecular formula is C13H14FN3O2S. The van der Waals surface area contributed by atoms with Gasteiger partial charge in [-0.05, 0) is 36.8 Å². The standard InChI is InChI=1S/C13H14FN3O2S/c1-9-7-10(14)12(8-11(9)15)20(18,19)17(2)13-5-3-4-6-16-13/h3-8H,15H2,1-2H3. The van der Waals surface area contributed by atoms with Crippen molar-refractivity contribution >= 4 is 21.5 Å². The van der Waals surface area contributed by atoms with Crippen molar-refractivity contribution in [2.45, 2.75) is 11.8 Å². The topological polar surface area (TPSA) is 76.3 Å². The van der Waals surface area contributed by atoms with Crippen LogP contribution in [0, 0.1) is 12.7 Å². The van der Waals surface area contributed by atoms with Gasteiger partial charge in [0.15, 0.2) is 0 Å². The Morgan fingerprint density at radius 1 is 1.30 bits per heavy atom. The number of nitrogens with two attached hydrogens (primary N) is 1. The third-order valence-electron chi connectivity index (χ3n) is 2.93. The monoisotopic (exact) mass is 295 g/mol. The van der Waals surface area contributed by atoms with Crippen LogP contribution in [0.5, 0.6) is 0 Å². The van der Waals surface area contributed by atoms with Crippen LogP contribution < -0.4 is 10.0 Å². The van der Waals surface area contributed by atoms with Gasteiger partial charge in [0.1, 0.15) is 16.5 Å². The summed E-state index contributed by atoms with van der Waals surface area (Å²) < 4.78 is 39.7. The lowest BCUT2D eigenvalue weighted by Gasteiger charge is -2.19. The number of hydrogen-bond acceptors (Lipinski definition) is 4. The lowest BCUT2D eigenvalue weighted by molar-refractivity contribution is 0.565. The van der Waals surface area contributed by atoms with Crippen LogP contribution in [0.1, 0.15) is 5.56 Å². The van der Waals surface area contributed by atoms with Crippen molar-refractivity contribution in [3.8, 4) is 0 Å². The van der Waals surface area contributed by atoms with Gasteiger partial charge in [-0.15, -0.1) is 0 Å². The van der Waals surface area contributed by atoms with Gasteiger partial charge in [0.2, 0.25) is 0 Å². The van der Waals surface area contributed by atoms with Crippen molar-refractivity contribution in [2.24, 2.45) is 0 Å². The molecule has 1 heterocycles. The summed E-state index contributed by atoms with van der Waals surface area (Å²) >= 11 is 0. The molecule has 5 nitrogen and oxygen atoms in total. The molecule has 0 aliphatic rings. The number of nitrogen functional groups attached to an aromatic ring is 1. The number of anilines is 2. The van der Waals surface area contributed by atoms with E-state index in [1.165, 1.54) is 19.3 Å². The lowest BCUT2D eigenvalue weighted by atomic mass is 10.2. The van der Waals surface area contributed by atoms with Gasteiger partial charge in [-0.2, -0.15) is 0 Å². The molecule has 0 saturated heterocycles. The molecule has 0 spiro atoms. The Balaban J connectivity index is 2.54. The second-order valence-electron chi connectivity index (χ2n) is 4.30. The summed E-state index contributed by atoms with van der Waals surface area (Å²) in [7, 11) is -2.73. The Kier molecular flexibility index (Phi) is 3.63. The van der Waals surface area contributed by atoms with E-state index in [-0.39, 0.29) is 11.5 Å². The van der Waals surface area contributed by atoms with Crippen molar-refractivity contribution < 1.29 is 12.8 Å². The van der Waals surface area contributed by atoms with Gasteiger partial charge in [0.25, 0.3) is 10.0 Å². The lowest BCUT2D eigenvalue weighted by Crippen LogP contribution is -2.28. The number of hydrogen-bond donors (Lipinski definition) is 1. The first-order chi connectivity index (χ1) is 9.34. The van der Waals surface area contributed by atoms with E-state index in [0.717, 1.165) is 16.4 Å². The highest BCUT2D eigenvalue weighted by Gasteiger charge is 2.26. The summed E-state index contributed by atoms with van der Waals surface area (Å²) in [6.45, 7) is 1.61. The van der Waals surface area contributed by atoms with Crippen LogP contribution in [0.2, 0.25) is 0 Å². The normalized spacial score (nSPS) is 11.3. The zero-order chi connectivity index (χ0) is 14.9. The quantitative estimate of drug-likeness (QED) is 0.878. The van der Waals surface area contributed by atoms with Gasteiger partial charge in [-0.1, -0.05) is 6.07 Å². The summed E-state index contributed by atoms with van der Waals surface area (Å²) in [6, 6.07) is 7.06.